The lowest BCUT2D eigenvalue weighted by Gasteiger charge is -2.40. The fourth-order valence-electron chi connectivity index (χ4n) is 4.71. The van der Waals surface area contributed by atoms with Crippen molar-refractivity contribution in [3.8, 4) is 11.4 Å². The Morgan fingerprint density at radius 1 is 1.22 bits per heavy atom. The average molecular weight is 490 g/mol. The topological polar surface area (TPSA) is 83.2 Å². The fourth-order valence-corrected chi connectivity index (χ4v) is 4.71. The normalized spacial score (nSPS) is 18.6. The zero-order valence-electron chi connectivity index (χ0n) is 20.3. The number of halogens is 1. The molecule has 186 valence electrons. The van der Waals surface area contributed by atoms with Crippen molar-refractivity contribution in [2.45, 2.75) is 25.8 Å². The molecule has 3 heterocycles. The molecule has 0 saturated carbocycles. The highest BCUT2D eigenvalue weighted by molar-refractivity contribution is 6.14. The maximum Gasteiger partial charge on any atom is 0.279 e. The average Bonchev–Trinajstić information content (AvgIpc) is 3.46. The van der Waals surface area contributed by atoms with E-state index < -0.39 is 0 Å². The number of rotatable bonds is 7. The summed E-state index contributed by atoms with van der Waals surface area (Å²) in [5.74, 6) is 0.690. The largest absolute Gasteiger partial charge is 0.495 e. The second-order valence-corrected chi connectivity index (χ2v) is 8.89. The summed E-state index contributed by atoms with van der Waals surface area (Å²) in [4.78, 5) is 26.3. The Morgan fingerprint density at radius 3 is 2.72 bits per heavy atom. The number of aliphatic hydroxyl groups excluding tert-OH is 1. The molecule has 3 aromatic rings. The summed E-state index contributed by atoms with van der Waals surface area (Å²) in [6.45, 7) is 3.26. The molecule has 2 aliphatic rings. The number of carbonyl (C=O) groups is 1. The van der Waals surface area contributed by atoms with Gasteiger partial charge in [-0.05, 0) is 61.2 Å². The molecule has 9 heteroatoms. The lowest BCUT2D eigenvalue weighted by molar-refractivity contribution is -0.125. The van der Waals surface area contributed by atoms with E-state index in [-0.39, 0.29) is 24.4 Å². The number of amides is 1. The summed E-state index contributed by atoms with van der Waals surface area (Å²) in [5, 5.41) is 9.34. The number of aliphatic imine (C=N–C) groups is 1. The highest BCUT2D eigenvalue weighted by Gasteiger charge is 2.42. The third-order valence-corrected chi connectivity index (χ3v) is 6.48. The van der Waals surface area contributed by atoms with Gasteiger partial charge < -0.3 is 19.3 Å². The van der Waals surface area contributed by atoms with Crippen molar-refractivity contribution in [1.29, 1.82) is 0 Å². The van der Waals surface area contributed by atoms with Crippen LogP contribution in [0.3, 0.4) is 0 Å². The van der Waals surface area contributed by atoms with Crippen molar-refractivity contribution >= 4 is 17.9 Å². The minimum atomic E-state index is -0.315. The maximum atomic E-state index is 13.6. The van der Waals surface area contributed by atoms with Gasteiger partial charge in [0.25, 0.3) is 5.91 Å². The van der Waals surface area contributed by atoms with Gasteiger partial charge in [0.1, 0.15) is 17.3 Å². The summed E-state index contributed by atoms with van der Waals surface area (Å²) in [7, 11) is 1.60. The van der Waals surface area contributed by atoms with Crippen LogP contribution >= 0.6 is 0 Å². The van der Waals surface area contributed by atoms with E-state index in [9.17, 15) is 14.3 Å². The Balaban J connectivity index is 1.49. The second kappa shape index (κ2) is 9.94. The third-order valence-electron chi connectivity index (χ3n) is 6.48. The number of aryl methyl sites for hydroxylation is 1. The fraction of sp³-hybridized carbons (Fsp3) is 0.296. The van der Waals surface area contributed by atoms with Crippen LogP contribution in [0.2, 0.25) is 0 Å². The molecule has 1 amide bonds. The summed E-state index contributed by atoms with van der Waals surface area (Å²) >= 11 is 0. The second-order valence-electron chi connectivity index (χ2n) is 8.89. The zero-order chi connectivity index (χ0) is 25.2. The number of nitrogens with zero attached hydrogens (tertiary/aromatic N) is 5. The van der Waals surface area contributed by atoms with Gasteiger partial charge in [-0.25, -0.2) is 14.4 Å². The number of aliphatic hydroxyl groups is 1. The number of ether oxygens (including phenoxy) is 1. The van der Waals surface area contributed by atoms with Gasteiger partial charge in [-0.2, -0.15) is 0 Å². The lowest BCUT2D eigenvalue weighted by atomic mass is 9.99. The third kappa shape index (κ3) is 4.49. The number of hydrogen-bond donors (Lipinski definition) is 1. The Kier molecular flexibility index (Phi) is 6.56. The number of carbonyl (C=O) groups excluding carboxylic acids is 1. The van der Waals surface area contributed by atoms with E-state index in [1.165, 1.54) is 12.1 Å². The van der Waals surface area contributed by atoms with Crippen LogP contribution in [0.15, 0.2) is 65.7 Å². The Morgan fingerprint density at radius 2 is 2.03 bits per heavy atom. The van der Waals surface area contributed by atoms with Crippen LogP contribution in [0.4, 0.5) is 4.39 Å². The summed E-state index contributed by atoms with van der Waals surface area (Å²) in [6.07, 6.45) is 6.66. The molecule has 1 saturated heterocycles. The molecule has 0 unspecified atom stereocenters. The minimum Gasteiger partial charge on any atom is -0.495 e. The number of imidazole rings is 1. The van der Waals surface area contributed by atoms with Crippen molar-refractivity contribution in [3.63, 3.8) is 0 Å². The number of methoxy groups -OCH3 is 1. The molecule has 0 spiro atoms. The van der Waals surface area contributed by atoms with Gasteiger partial charge in [-0.15, -0.1) is 0 Å². The smallest absolute Gasteiger partial charge is 0.279 e. The van der Waals surface area contributed by atoms with E-state index in [0.717, 1.165) is 22.5 Å². The van der Waals surface area contributed by atoms with Crippen molar-refractivity contribution < 1.29 is 19.0 Å². The zero-order valence-corrected chi connectivity index (χ0v) is 20.3. The molecule has 0 bridgehead atoms. The summed E-state index contributed by atoms with van der Waals surface area (Å²) < 4.78 is 21.0. The molecule has 0 radical (unpaired) electrons. The van der Waals surface area contributed by atoms with E-state index in [2.05, 4.69) is 4.98 Å². The van der Waals surface area contributed by atoms with E-state index in [0.29, 0.717) is 43.3 Å². The Hall–Kier alpha value is -3.98. The van der Waals surface area contributed by atoms with E-state index in [4.69, 9.17) is 9.73 Å². The highest BCUT2D eigenvalue weighted by atomic mass is 19.1. The Bertz CT molecular complexity index is 1330. The van der Waals surface area contributed by atoms with Crippen molar-refractivity contribution in [3.05, 3.63) is 83.3 Å². The standard InChI is InChI=1S/C27H28FN5O3/c1-18-16-32(17-29-18)24-9-4-19(15-25(24)36-2)14-22-26(35)33-23(20-5-7-21(28)8-6-20)10-12-31(11-3-13-34)27(33)30-22/h4-9,14-17,23,34H,3,10-13H2,1-2H3/b22-14-/t23-/m1/s1. The molecule has 1 aromatic heterocycles. The van der Waals surface area contributed by atoms with Crippen LogP contribution in [-0.2, 0) is 4.79 Å². The van der Waals surface area contributed by atoms with Crippen LogP contribution in [0.25, 0.3) is 11.8 Å². The van der Waals surface area contributed by atoms with Crippen LogP contribution < -0.4 is 4.74 Å². The molecule has 8 nitrogen and oxygen atoms in total. The van der Waals surface area contributed by atoms with E-state index in [1.54, 1.807) is 36.5 Å². The first-order valence-electron chi connectivity index (χ1n) is 11.9. The van der Waals surface area contributed by atoms with Gasteiger partial charge in [-0.1, -0.05) is 18.2 Å². The quantitative estimate of drug-likeness (QED) is 0.512. The molecule has 1 fully saturated rings. The van der Waals surface area contributed by atoms with E-state index >= 15 is 0 Å². The number of hydrogen-bond acceptors (Lipinski definition) is 6. The van der Waals surface area contributed by atoms with Gasteiger partial charge in [0.2, 0.25) is 5.96 Å². The van der Waals surface area contributed by atoms with Crippen molar-refractivity contribution in [1.82, 2.24) is 19.4 Å². The molecule has 36 heavy (non-hydrogen) atoms. The maximum absolute atomic E-state index is 13.6. The number of aromatic nitrogens is 2. The molecular weight excluding hydrogens is 461 g/mol. The minimum absolute atomic E-state index is 0.0599. The van der Waals surface area contributed by atoms with Crippen molar-refractivity contribution in [2.24, 2.45) is 4.99 Å². The van der Waals surface area contributed by atoms with Crippen LogP contribution in [0, 0.1) is 12.7 Å². The highest BCUT2D eigenvalue weighted by Crippen LogP contribution is 2.36. The predicted molar refractivity (Wildman–Crippen MR) is 134 cm³/mol. The van der Waals surface area contributed by atoms with Gasteiger partial charge in [-0.3, -0.25) is 9.69 Å². The van der Waals surface area contributed by atoms with Crippen molar-refractivity contribution in [2.75, 3.05) is 26.8 Å². The molecule has 2 aromatic carbocycles. The van der Waals surface area contributed by atoms with Gasteiger partial charge >= 0.3 is 0 Å². The monoisotopic (exact) mass is 489 g/mol. The summed E-state index contributed by atoms with van der Waals surface area (Å²) in [5.41, 5.74) is 3.70. The first-order chi connectivity index (χ1) is 17.5. The van der Waals surface area contributed by atoms with Crippen LogP contribution in [0.5, 0.6) is 5.75 Å². The van der Waals surface area contributed by atoms with E-state index in [1.807, 2.05) is 40.8 Å². The van der Waals surface area contributed by atoms with Crippen LogP contribution in [-0.4, -0.2) is 63.1 Å². The lowest BCUT2D eigenvalue weighted by Crippen LogP contribution is -2.51. The SMILES string of the molecule is COc1cc(/C=C2\N=C3N(CCCO)CC[C@H](c4ccc(F)cc4)N3C2=O)ccc1-n1cnc(C)c1. The molecule has 1 atom stereocenters. The van der Waals surface area contributed by atoms with Gasteiger partial charge in [0, 0.05) is 25.9 Å². The first-order valence-corrected chi connectivity index (χ1v) is 11.9. The molecule has 0 aliphatic carbocycles. The number of fused-ring (bicyclic) bond motifs is 1. The molecule has 1 N–H and O–H groups in total. The molecule has 2 aliphatic heterocycles. The number of benzene rings is 2. The summed E-state index contributed by atoms with van der Waals surface area (Å²) in [6, 6.07) is 11.7. The first kappa shape index (κ1) is 23.7. The molecular formula is C27H28FN5O3. The van der Waals surface area contributed by atoms with Gasteiger partial charge in [0.05, 0.1) is 30.9 Å². The molecule has 5 rings (SSSR count). The van der Waals surface area contributed by atoms with Crippen LogP contribution in [0.1, 0.15) is 35.7 Å². The Labute approximate surface area is 209 Å². The number of guanidine groups is 1. The predicted octanol–water partition coefficient (Wildman–Crippen LogP) is 3.70. The van der Waals surface area contributed by atoms with Gasteiger partial charge in [0.15, 0.2) is 0 Å².